The lowest BCUT2D eigenvalue weighted by Gasteiger charge is -2.34. The fraction of sp³-hybridized carbons (Fsp3) is 0.409. The zero-order valence-corrected chi connectivity index (χ0v) is 18.1. The van der Waals surface area contributed by atoms with E-state index in [9.17, 15) is 0 Å². The monoisotopic (exact) mass is 428 g/mol. The van der Waals surface area contributed by atoms with Crippen LogP contribution in [0.5, 0.6) is 0 Å². The van der Waals surface area contributed by atoms with Crippen LogP contribution in [0.1, 0.15) is 23.0 Å². The van der Waals surface area contributed by atoms with Gasteiger partial charge in [-0.2, -0.15) is 0 Å². The summed E-state index contributed by atoms with van der Waals surface area (Å²) < 4.78 is 7.10. The van der Waals surface area contributed by atoms with E-state index >= 15 is 0 Å². The molecule has 4 rings (SSSR count). The van der Waals surface area contributed by atoms with E-state index in [1.807, 2.05) is 22.9 Å². The predicted molar refractivity (Wildman–Crippen MR) is 115 cm³/mol. The molecule has 3 aromatic rings. The Kier molecular flexibility index (Phi) is 7.07. The number of ether oxygens (including phenoxy) is 1. The van der Waals surface area contributed by atoms with Crippen molar-refractivity contribution >= 4 is 11.6 Å². The molecule has 7 nitrogen and oxygen atoms in total. The lowest BCUT2D eigenvalue weighted by atomic mass is 10.0. The maximum atomic E-state index is 6.63. The Hall–Kier alpha value is -2.32. The van der Waals surface area contributed by atoms with E-state index in [1.165, 1.54) is 10.5 Å². The molecule has 1 aliphatic heterocycles. The summed E-state index contributed by atoms with van der Waals surface area (Å²) in [5.41, 5.74) is 2.47. The van der Waals surface area contributed by atoms with Gasteiger partial charge in [-0.1, -0.05) is 60.1 Å². The van der Waals surface area contributed by atoms with E-state index in [0.29, 0.717) is 13.2 Å². The minimum absolute atomic E-state index is 0.00355. The molecular weight excluding hydrogens is 400 g/mol. The highest BCUT2D eigenvalue weighted by Crippen LogP contribution is 2.24. The summed E-state index contributed by atoms with van der Waals surface area (Å²) in [4.78, 5) is 3.07. The van der Waals surface area contributed by atoms with Crippen molar-refractivity contribution in [3.8, 4) is 0 Å². The van der Waals surface area contributed by atoms with Crippen molar-refractivity contribution < 1.29 is 14.5 Å². The number of hydrogen-bond acceptors (Lipinski definition) is 4. The zero-order chi connectivity index (χ0) is 20.8. The van der Waals surface area contributed by atoms with E-state index < -0.39 is 0 Å². The molecule has 1 fully saturated rings. The van der Waals surface area contributed by atoms with E-state index in [2.05, 4.69) is 51.9 Å². The van der Waals surface area contributed by atoms with Gasteiger partial charge >= 0.3 is 0 Å². The van der Waals surface area contributed by atoms with Crippen molar-refractivity contribution in [1.29, 1.82) is 0 Å². The molecule has 1 aliphatic rings. The normalized spacial score (nSPS) is 20.2. The molecule has 2 heterocycles. The molecule has 8 heteroatoms. The van der Waals surface area contributed by atoms with Crippen molar-refractivity contribution in [3.63, 3.8) is 0 Å². The first-order chi connectivity index (χ1) is 14.8. The second-order valence-corrected chi connectivity index (χ2v) is 8.19. The van der Waals surface area contributed by atoms with E-state index in [-0.39, 0.29) is 6.04 Å². The van der Waals surface area contributed by atoms with E-state index in [0.717, 1.165) is 49.1 Å². The van der Waals surface area contributed by atoms with Gasteiger partial charge in [0.15, 0.2) is 6.04 Å². The van der Waals surface area contributed by atoms with Gasteiger partial charge in [-0.25, -0.2) is 4.68 Å². The van der Waals surface area contributed by atoms with Gasteiger partial charge in [0.25, 0.3) is 0 Å². The topological polar surface area (TPSA) is 61.7 Å². The number of tetrazole rings is 1. The zero-order valence-electron chi connectivity index (χ0n) is 17.3. The molecular formula is C22H29ClN6O+2. The minimum atomic E-state index is 0.00355. The van der Waals surface area contributed by atoms with Crippen LogP contribution in [-0.2, 0) is 17.8 Å². The van der Waals surface area contributed by atoms with E-state index in [1.54, 1.807) is 12.0 Å². The lowest BCUT2D eigenvalue weighted by molar-refractivity contribution is -1.03. The average molecular weight is 429 g/mol. The van der Waals surface area contributed by atoms with Crippen LogP contribution in [-0.4, -0.2) is 60.1 Å². The van der Waals surface area contributed by atoms with Crippen LogP contribution in [0.3, 0.4) is 0 Å². The van der Waals surface area contributed by atoms with Crippen LogP contribution < -0.4 is 9.80 Å². The smallest absolute Gasteiger partial charge is 0.214 e. The Bertz CT molecular complexity index is 926. The Balaban J connectivity index is 1.54. The summed E-state index contributed by atoms with van der Waals surface area (Å²) in [6, 6.07) is 18.8. The van der Waals surface area contributed by atoms with Gasteiger partial charge in [-0.15, -0.1) is 5.10 Å². The molecule has 0 saturated carbocycles. The fourth-order valence-corrected chi connectivity index (χ4v) is 4.53. The van der Waals surface area contributed by atoms with Gasteiger partial charge in [0.1, 0.15) is 32.7 Å². The third-order valence-electron chi connectivity index (χ3n) is 5.85. The molecule has 0 amide bonds. The van der Waals surface area contributed by atoms with E-state index in [4.69, 9.17) is 16.3 Å². The number of quaternary nitrogens is 2. The van der Waals surface area contributed by atoms with Crippen LogP contribution in [0, 0.1) is 0 Å². The number of benzene rings is 2. The maximum Gasteiger partial charge on any atom is 0.214 e. The average Bonchev–Trinajstić information content (AvgIpc) is 3.24. The highest BCUT2D eigenvalue weighted by molar-refractivity contribution is 6.31. The first kappa shape index (κ1) is 20.9. The Morgan fingerprint density at radius 1 is 1.03 bits per heavy atom. The van der Waals surface area contributed by atoms with Crippen LogP contribution >= 0.6 is 11.6 Å². The summed E-state index contributed by atoms with van der Waals surface area (Å²) in [5.74, 6) is 0.849. The molecule has 0 spiro atoms. The molecule has 2 aromatic carbocycles. The first-order valence-corrected chi connectivity index (χ1v) is 10.9. The van der Waals surface area contributed by atoms with Gasteiger partial charge in [0.2, 0.25) is 5.82 Å². The summed E-state index contributed by atoms with van der Waals surface area (Å²) in [6.45, 7) is 6.53. The number of aromatic nitrogens is 4. The number of rotatable bonds is 8. The second-order valence-electron chi connectivity index (χ2n) is 7.78. The van der Waals surface area contributed by atoms with Crippen LogP contribution in [0.2, 0.25) is 5.02 Å². The van der Waals surface area contributed by atoms with Crippen molar-refractivity contribution in [2.45, 2.75) is 19.1 Å². The summed E-state index contributed by atoms with van der Waals surface area (Å²) in [5, 5.41) is 13.3. The number of halogens is 1. The summed E-state index contributed by atoms with van der Waals surface area (Å²) in [6.07, 6.45) is 0. The van der Waals surface area contributed by atoms with Crippen LogP contribution in [0.4, 0.5) is 0 Å². The molecule has 0 radical (unpaired) electrons. The molecule has 1 atom stereocenters. The second kappa shape index (κ2) is 10.1. The fourth-order valence-electron chi connectivity index (χ4n) is 4.28. The number of nitrogens with zero attached hydrogens (tertiary/aromatic N) is 4. The Morgan fingerprint density at radius 2 is 1.77 bits per heavy atom. The van der Waals surface area contributed by atoms with Crippen LogP contribution in [0.25, 0.3) is 0 Å². The molecule has 0 unspecified atom stereocenters. The summed E-state index contributed by atoms with van der Waals surface area (Å²) in [7, 11) is 1.69. The molecule has 0 aliphatic carbocycles. The third-order valence-corrected chi connectivity index (χ3v) is 6.19. The van der Waals surface area contributed by atoms with Gasteiger partial charge in [-0.05, 0) is 16.5 Å². The molecule has 2 N–H and O–H groups in total. The lowest BCUT2D eigenvalue weighted by Crippen LogP contribution is -3.27. The van der Waals surface area contributed by atoms with Crippen LogP contribution in [0.15, 0.2) is 54.6 Å². The largest absolute Gasteiger partial charge is 0.383 e. The van der Waals surface area contributed by atoms with Crippen molar-refractivity contribution in [2.75, 3.05) is 39.9 Å². The molecule has 0 bridgehead atoms. The third kappa shape index (κ3) is 4.87. The van der Waals surface area contributed by atoms with Crippen molar-refractivity contribution in [3.05, 3.63) is 76.6 Å². The van der Waals surface area contributed by atoms with Gasteiger partial charge in [0, 0.05) is 18.2 Å². The number of nitrogens with one attached hydrogen (secondary N) is 2. The quantitative estimate of drug-likeness (QED) is 0.532. The van der Waals surface area contributed by atoms with Gasteiger partial charge < -0.3 is 14.5 Å². The molecule has 30 heavy (non-hydrogen) atoms. The molecule has 158 valence electrons. The van der Waals surface area contributed by atoms with Gasteiger partial charge in [-0.3, -0.25) is 0 Å². The summed E-state index contributed by atoms with van der Waals surface area (Å²) >= 11 is 6.63. The predicted octanol–water partition coefficient (Wildman–Crippen LogP) is 0.0459. The van der Waals surface area contributed by atoms with Gasteiger partial charge in [0.05, 0.1) is 18.2 Å². The first-order valence-electron chi connectivity index (χ1n) is 10.5. The Morgan fingerprint density at radius 3 is 2.50 bits per heavy atom. The number of methoxy groups -OCH3 is 1. The SMILES string of the molecule is COCCn1nnnc1[C@@H](c1ccccc1Cl)[NH+]1CC[NH+](Cc2ccccc2)CC1. The molecule has 1 saturated heterocycles. The molecule has 1 aromatic heterocycles. The van der Waals surface area contributed by atoms with Crippen molar-refractivity contribution in [1.82, 2.24) is 20.2 Å². The minimum Gasteiger partial charge on any atom is -0.383 e. The maximum absolute atomic E-state index is 6.63. The number of hydrogen-bond donors (Lipinski definition) is 2. The van der Waals surface area contributed by atoms with Crippen molar-refractivity contribution in [2.24, 2.45) is 0 Å². The highest BCUT2D eigenvalue weighted by atomic mass is 35.5. The highest BCUT2D eigenvalue weighted by Gasteiger charge is 2.36. The Labute approximate surface area is 182 Å². The standard InChI is InChI=1S/C22H27ClN6O/c1-30-16-15-29-22(24-25-26-29)21(19-9-5-6-10-20(19)23)28-13-11-27(12-14-28)17-18-7-3-2-4-8-18/h2-10,21H,11-17H2,1H3/p+2/t21-/m1/s1. The number of piperazine rings is 1.